The lowest BCUT2D eigenvalue weighted by Gasteiger charge is -2.01. The quantitative estimate of drug-likeness (QED) is 0.617. The van der Waals surface area contributed by atoms with Crippen molar-refractivity contribution >= 4 is 16.9 Å². The number of para-hydroxylation sites is 1. The van der Waals surface area contributed by atoms with Crippen LogP contribution >= 0.6 is 0 Å². The summed E-state index contributed by atoms with van der Waals surface area (Å²) in [7, 11) is 0. The number of nitrogens with zero attached hydrogens (tertiary/aromatic N) is 1. The Morgan fingerprint density at radius 3 is 2.58 bits per heavy atom. The third-order valence-corrected chi connectivity index (χ3v) is 3.69. The maximum absolute atomic E-state index is 12.0. The van der Waals surface area contributed by atoms with Crippen LogP contribution in [0.25, 0.3) is 22.5 Å². The molecule has 0 saturated carbocycles. The van der Waals surface area contributed by atoms with Gasteiger partial charge in [-0.2, -0.15) is 0 Å². The molecule has 0 aliphatic carbocycles. The maximum Gasteiger partial charge on any atom is 0.251 e. The zero-order chi connectivity index (χ0) is 16.4. The van der Waals surface area contributed by atoms with Gasteiger partial charge in [-0.1, -0.05) is 41.6 Å². The third kappa shape index (κ3) is 2.79. The van der Waals surface area contributed by atoms with Crippen molar-refractivity contribution in [2.45, 2.75) is 6.54 Å². The summed E-state index contributed by atoms with van der Waals surface area (Å²) in [6.45, 7) is 0.289. The predicted octanol–water partition coefficient (Wildman–Crippen LogP) is 4.02. The summed E-state index contributed by atoms with van der Waals surface area (Å²) in [6, 6.07) is 20.5. The minimum Gasteiger partial charge on any atom is -0.453 e. The zero-order valence-corrected chi connectivity index (χ0v) is 12.7. The molecule has 0 bridgehead atoms. The first-order chi connectivity index (χ1) is 11.8. The van der Waals surface area contributed by atoms with Crippen LogP contribution in [0.3, 0.4) is 0 Å². The SMILES string of the molecule is O=C(NCc1cc(-c2cc3ccccc3o2)on1)c1ccccc1. The summed E-state index contributed by atoms with van der Waals surface area (Å²) in [5.74, 6) is 1.00. The minimum absolute atomic E-state index is 0.149. The van der Waals surface area contributed by atoms with Gasteiger partial charge in [0.15, 0.2) is 5.76 Å². The molecule has 0 aliphatic heterocycles. The van der Waals surface area contributed by atoms with E-state index in [1.165, 1.54) is 0 Å². The number of amides is 1. The topological polar surface area (TPSA) is 68.3 Å². The van der Waals surface area contributed by atoms with Gasteiger partial charge in [0.25, 0.3) is 5.91 Å². The lowest BCUT2D eigenvalue weighted by molar-refractivity contribution is 0.0950. The number of hydrogen-bond donors (Lipinski definition) is 1. The number of carbonyl (C=O) groups is 1. The summed E-state index contributed by atoms with van der Waals surface area (Å²) in [5, 5.41) is 7.80. The van der Waals surface area contributed by atoms with E-state index in [1.807, 2.05) is 48.5 Å². The molecule has 0 spiro atoms. The molecule has 0 unspecified atom stereocenters. The second kappa shape index (κ2) is 6.04. The van der Waals surface area contributed by atoms with Crippen molar-refractivity contribution in [1.82, 2.24) is 10.5 Å². The summed E-state index contributed by atoms with van der Waals surface area (Å²) >= 11 is 0. The van der Waals surface area contributed by atoms with Gasteiger partial charge in [0, 0.05) is 17.0 Å². The number of rotatable bonds is 4. The highest BCUT2D eigenvalue weighted by Gasteiger charge is 2.13. The lowest BCUT2D eigenvalue weighted by atomic mass is 10.2. The second-order valence-corrected chi connectivity index (χ2v) is 5.38. The normalized spacial score (nSPS) is 10.8. The van der Waals surface area contributed by atoms with Crippen molar-refractivity contribution in [1.29, 1.82) is 0 Å². The molecule has 24 heavy (non-hydrogen) atoms. The molecule has 1 N–H and O–H groups in total. The van der Waals surface area contributed by atoms with Crippen molar-refractivity contribution in [3.63, 3.8) is 0 Å². The summed E-state index contributed by atoms with van der Waals surface area (Å²) in [4.78, 5) is 12.0. The number of benzene rings is 2. The Morgan fingerprint density at radius 2 is 1.75 bits per heavy atom. The Labute approximate surface area is 137 Å². The van der Waals surface area contributed by atoms with Crippen molar-refractivity contribution in [3.8, 4) is 11.5 Å². The van der Waals surface area contributed by atoms with Gasteiger partial charge in [-0.3, -0.25) is 4.79 Å². The van der Waals surface area contributed by atoms with E-state index in [1.54, 1.807) is 18.2 Å². The molecular weight excluding hydrogens is 304 g/mol. The van der Waals surface area contributed by atoms with Crippen molar-refractivity contribution in [2.24, 2.45) is 0 Å². The molecule has 0 atom stereocenters. The van der Waals surface area contributed by atoms with Crippen LogP contribution in [0.15, 0.2) is 75.7 Å². The van der Waals surface area contributed by atoms with Crippen molar-refractivity contribution < 1.29 is 13.7 Å². The molecule has 118 valence electrons. The van der Waals surface area contributed by atoms with Gasteiger partial charge in [-0.05, 0) is 24.3 Å². The fraction of sp³-hybridized carbons (Fsp3) is 0.0526. The van der Waals surface area contributed by atoms with Gasteiger partial charge in [0.2, 0.25) is 5.76 Å². The van der Waals surface area contributed by atoms with E-state index >= 15 is 0 Å². The Balaban J connectivity index is 1.48. The Bertz CT molecular complexity index is 953. The average molecular weight is 318 g/mol. The number of nitrogens with one attached hydrogen (secondary N) is 1. The number of furan rings is 1. The molecule has 0 fully saturated rings. The van der Waals surface area contributed by atoms with E-state index < -0.39 is 0 Å². The van der Waals surface area contributed by atoms with E-state index in [2.05, 4.69) is 10.5 Å². The van der Waals surface area contributed by atoms with Gasteiger partial charge in [-0.15, -0.1) is 0 Å². The first-order valence-electron chi connectivity index (χ1n) is 7.57. The Hall–Kier alpha value is -3.34. The second-order valence-electron chi connectivity index (χ2n) is 5.38. The molecule has 1 amide bonds. The fourth-order valence-corrected chi connectivity index (χ4v) is 2.48. The number of fused-ring (bicyclic) bond motifs is 1. The highest BCUT2D eigenvalue weighted by Crippen LogP contribution is 2.28. The monoisotopic (exact) mass is 318 g/mol. The largest absolute Gasteiger partial charge is 0.453 e. The van der Waals surface area contributed by atoms with Crippen LogP contribution in [0.4, 0.5) is 0 Å². The average Bonchev–Trinajstić information content (AvgIpc) is 3.27. The molecule has 4 rings (SSSR count). The van der Waals surface area contributed by atoms with Crippen LogP contribution in [0, 0.1) is 0 Å². The first kappa shape index (κ1) is 14.3. The van der Waals surface area contributed by atoms with Gasteiger partial charge in [0.1, 0.15) is 11.3 Å². The zero-order valence-electron chi connectivity index (χ0n) is 12.7. The molecule has 0 radical (unpaired) electrons. The molecule has 2 aromatic carbocycles. The highest BCUT2D eigenvalue weighted by molar-refractivity contribution is 5.94. The maximum atomic E-state index is 12.0. The molecular formula is C19H14N2O3. The minimum atomic E-state index is -0.149. The molecule has 0 aliphatic rings. The predicted molar refractivity (Wildman–Crippen MR) is 89.3 cm³/mol. The van der Waals surface area contributed by atoms with Gasteiger partial charge < -0.3 is 14.3 Å². The van der Waals surface area contributed by atoms with E-state index in [9.17, 15) is 4.79 Å². The molecule has 2 aromatic heterocycles. The van der Waals surface area contributed by atoms with Gasteiger partial charge in [0.05, 0.1) is 6.54 Å². The van der Waals surface area contributed by atoms with E-state index in [-0.39, 0.29) is 12.5 Å². The molecule has 4 aromatic rings. The Morgan fingerprint density at radius 1 is 0.958 bits per heavy atom. The highest BCUT2D eigenvalue weighted by atomic mass is 16.5. The summed E-state index contributed by atoms with van der Waals surface area (Å²) in [5.41, 5.74) is 2.04. The summed E-state index contributed by atoms with van der Waals surface area (Å²) < 4.78 is 11.1. The van der Waals surface area contributed by atoms with E-state index in [0.717, 1.165) is 11.0 Å². The Kier molecular flexibility index (Phi) is 3.59. The lowest BCUT2D eigenvalue weighted by Crippen LogP contribution is -2.22. The van der Waals surface area contributed by atoms with Crippen LogP contribution in [-0.2, 0) is 6.54 Å². The van der Waals surface area contributed by atoms with Crippen LogP contribution < -0.4 is 5.32 Å². The van der Waals surface area contributed by atoms with E-state index in [0.29, 0.717) is 22.8 Å². The smallest absolute Gasteiger partial charge is 0.251 e. The van der Waals surface area contributed by atoms with Crippen LogP contribution in [0.5, 0.6) is 0 Å². The molecule has 2 heterocycles. The standard InChI is InChI=1S/C19H14N2O3/c22-19(13-6-2-1-3-7-13)20-12-15-11-18(24-21-15)17-10-14-8-4-5-9-16(14)23-17/h1-11H,12H2,(H,20,22). The van der Waals surface area contributed by atoms with Gasteiger partial charge >= 0.3 is 0 Å². The first-order valence-corrected chi connectivity index (χ1v) is 7.57. The van der Waals surface area contributed by atoms with E-state index in [4.69, 9.17) is 8.94 Å². The fourth-order valence-electron chi connectivity index (χ4n) is 2.48. The van der Waals surface area contributed by atoms with Crippen LogP contribution in [-0.4, -0.2) is 11.1 Å². The van der Waals surface area contributed by atoms with Crippen LogP contribution in [0.1, 0.15) is 16.1 Å². The third-order valence-electron chi connectivity index (χ3n) is 3.69. The van der Waals surface area contributed by atoms with Crippen molar-refractivity contribution in [3.05, 3.63) is 78.0 Å². The number of hydrogen-bond acceptors (Lipinski definition) is 4. The van der Waals surface area contributed by atoms with Crippen molar-refractivity contribution in [2.75, 3.05) is 0 Å². The van der Waals surface area contributed by atoms with Crippen LogP contribution in [0.2, 0.25) is 0 Å². The molecule has 0 saturated heterocycles. The summed E-state index contributed by atoms with van der Waals surface area (Å²) in [6.07, 6.45) is 0. The molecule has 5 nitrogen and oxygen atoms in total. The van der Waals surface area contributed by atoms with Gasteiger partial charge in [-0.25, -0.2) is 0 Å². The number of carbonyl (C=O) groups excluding carboxylic acids is 1. The number of aromatic nitrogens is 1. The molecule has 5 heteroatoms.